The molecule has 4 fully saturated rings. The van der Waals surface area contributed by atoms with E-state index >= 15 is 0 Å². The molecule has 4 aliphatic heterocycles. The molecule has 0 spiro atoms. The number of aliphatic hydroxyl groups is 2. The van der Waals surface area contributed by atoms with E-state index in [1.54, 1.807) is 0 Å². The Kier molecular flexibility index (Phi) is 8.78. The van der Waals surface area contributed by atoms with E-state index in [1.807, 2.05) is 0 Å². The Labute approximate surface area is 251 Å². The van der Waals surface area contributed by atoms with Gasteiger partial charge in [-0.25, -0.2) is 4.90 Å². The van der Waals surface area contributed by atoms with Crippen LogP contribution < -0.4 is 27.0 Å². The number of ether oxygens (including phenoxy) is 1. The van der Waals surface area contributed by atoms with E-state index in [1.165, 1.54) is 36.2 Å². The lowest BCUT2D eigenvalue weighted by Gasteiger charge is -2.45. The van der Waals surface area contributed by atoms with Crippen molar-refractivity contribution in [1.29, 1.82) is 0 Å². The molecule has 0 aromatic heterocycles. The third kappa shape index (κ3) is 5.80. The molecule has 3 saturated heterocycles. The summed E-state index contributed by atoms with van der Waals surface area (Å²) < 4.78 is 6.44. The van der Waals surface area contributed by atoms with Crippen molar-refractivity contribution in [3.63, 3.8) is 0 Å². The maximum Gasteiger partial charge on any atom is 0.142 e. The van der Waals surface area contributed by atoms with Gasteiger partial charge in [-0.3, -0.25) is 20.4 Å². The number of aliphatic hydroxyl groups excluding tert-OH is 2. The SMILES string of the molecule is CCN(C[C@H]1O[C@@H](N2CNC3C(N)NCN(CC)C32)[C@H](O)[C@@H]1O)C1CC(CCC2Nc3ccc(C(C)(C)C)cc3N2)C1. The standard InChI is InChI=1S/C31H54N8O3/c1-6-37(20-12-18(13-20)8-11-24-35-21-10-9-19(31(3,4)5)14-22(21)36-24)15-23-26(40)27(41)30(42-23)39-17-33-25-28(32)34-16-38(7-2)29(25)39/h9-10,14,18,20,23-30,33-36,40-41H,6-8,11-13,15-17,32H2,1-5H3/t18?,20?,23-,24?,25?,26-,27-,28?,29?,30-/m1/s1. The van der Waals surface area contributed by atoms with E-state index in [-0.39, 0.29) is 30.0 Å². The number of rotatable bonds is 9. The van der Waals surface area contributed by atoms with Crippen LogP contribution in [-0.2, 0) is 10.2 Å². The second-order valence-corrected chi connectivity index (χ2v) is 14.2. The Hall–Kier alpha value is -1.54. The summed E-state index contributed by atoms with van der Waals surface area (Å²) in [7, 11) is 0. The van der Waals surface area contributed by atoms with E-state index in [0.29, 0.717) is 31.8 Å². The van der Waals surface area contributed by atoms with Crippen molar-refractivity contribution in [2.45, 2.75) is 121 Å². The fourth-order valence-corrected chi connectivity index (χ4v) is 7.72. The van der Waals surface area contributed by atoms with Crippen molar-refractivity contribution in [3.05, 3.63) is 23.8 Å². The van der Waals surface area contributed by atoms with Crippen LogP contribution in [0, 0.1) is 5.92 Å². The lowest BCUT2D eigenvalue weighted by atomic mass is 9.76. The van der Waals surface area contributed by atoms with Crippen LogP contribution in [0.1, 0.15) is 65.9 Å². The zero-order valence-electron chi connectivity index (χ0n) is 26.1. The number of benzene rings is 1. The van der Waals surface area contributed by atoms with Crippen LogP contribution in [-0.4, -0.2) is 113 Å². The Bertz CT molecular complexity index is 1080. The summed E-state index contributed by atoms with van der Waals surface area (Å²) >= 11 is 0. The molecule has 1 aliphatic carbocycles. The topological polar surface area (TPSA) is 134 Å². The molecule has 0 amide bonds. The van der Waals surface area contributed by atoms with Gasteiger partial charge < -0.3 is 31.3 Å². The van der Waals surface area contributed by atoms with Gasteiger partial charge in [0.05, 0.1) is 49.3 Å². The first-order chi connectivity index (χ1) is 20.1. The van der Waals surface area contributed by atoms with Crippen LogP contribution in [0.5, 0.6) is 0 Å². The van der Waals surface area contributed by atoms with E-state index in [9.17, 15) is 10.2 Å². The largest absolute Gasteiger partial charge is 0.387 e. The molecule has 8 atom stereocenters. The fourth-order valence-electron chi connectivity index (χ4n) is 7.72. The number of nitrogens with zero attached hydrogens (tertiary/aromatic N) is 3. The van der Waals surface area contributed by atoms with Gasteiger partial charge in [0.1, 0.15) is 24.5 Å². The average Bonchev–Trinajstić information content (AvgIpc) is 3.63. The molecular weight excluding hydrogens is 532 g/mol. The van der Waals surface area contributed by atoms with Crippen LogP contribution in [0.15, 0.2) is 18.2 Å². The van der Waals surface area contributed by atoms with Crippen LogP contribution in [0.3, 0.4) is 0 Å². The summed E-state index contributed by atoms with van der Waals surface area (Å²) in [4.78, 5) is 6.89. The Balaban J connectivity index is 0.979. The summed E-state index contributed by atoms with van der Waals surface area (Å²) in [6, 6.07) is 7.27. The number of nitrogens with one attached hydrogen (secondary N) is 4. The Morgan fingerprint density at radius 3 is 2.50 bits per heavy atom. The highest BCUT2D eigenvalue weighted by atomic mass is 16.6. The third-order valence-corrected chi connectivity index (χ3v) is 10.5. The number of hydrogen-bond donors (Lipinski definition) is 7. The highest BCUT2D eigenvalue weighted by molar-refractivity contribution is 5.75. The second kappa shape index (κ2) is 12.1. The minimum atomic E-state index is -0.955. The van der Waals surface area contributed by atoms with Gasteiger partial charge in [-0.1, -0.05) is 40.7 Å². The lowest BCUT2D eigenvalue weighted by molar-refractivity contribution is -0.132. The molecule has 0 radical (unpaired) electrons. The summed E-state index contributed by atoms with van der Waals surface area (Å²) in [6.07, 6.45) is 1.93. The van der Waals surface area contributed by atoms with Gasteiger partial charge in [0.15, 0.2) is 0 Å². The van der Waals surface area contributed by atoms with Crippen LogP contribution in [0.4, 0.5) is 11.4 Å². The predicted molar refractivity (Wildman–Crippen MR) is 166 cm³/mol. The number of fused-ring (bicyclic) bond motifs is 2. The van der Waals surface area contributed by atoms with Crippen molar-refractivity contribution >= 4 is 11.4 Å². The van der Waals surface area contributed by atoms with E-state index in [2.05, 4.69) is 88.8 Å². The Morgan fingerprint density at radius 2 is 1.79 bits per heavy atom. The van der Waals surface area contributed by atoms with Gasteiger partial charge in [0.2, 0.25) is 0 Å². The van der Waals surface area contributed by atoms with Gasteiger partial charge in [-0.05, 0) is 67.8 Å². The first-order valence-corrected chi connectivity index (χ1v) is 16.2. The van der Waals surface area contributed by atoms with Gasteiger partial charge >= 0.3 is 0 Å². The first kappa shape index (κ1) is 30.5. The average molecular weight is 587 g/mol. The van der Waals surface area contributed by atoms with Gasteiger partial charge in [0.25, 0.3) is 0 Å². The molecule has 0 bridgehead atoms. The molecule has 11 heteroatoms. The zero-order valence-corrected chi connectivity index (χ0v) is 26.1. The molecule has 1 aromatic rings. The molecule has 4 heterocycles. The fraction of sp³-hybridized carbons (Fsp3) is 0.806. The van der Waals surface area contributed by atoms with E-state index in [0.717, 1.165) is 19.5 Å². The summed E-state index contributed by atoms with van der Waals surface area (Å²) in [5, 5.41) is 36.3. The van der Waals surface area contributed by atoms with E-state index < -0.39 is 24.5 Å². The Morgan fingerprint density at radius 1 is 1.02 bits per heavy atom. The second-order valence-electron chi connectivity index (χ2n) is 14.2. The summed E-state index contributed by atoms with van der Waals surface area (Å²) in [6.45, 7) is 14.7. The number of hydrogen-bond acceptors (Lipinski definition) is 11. The van der Waals surface area contributed by atoms with Gasteiger partial charge in [-0.2, -0.15) is 0 Å². The molecule has 8 N–H and O–H groups in total. The van der Waals surface area contributed by atoms with Crippen LogP contribution in [0.25, 0.3) is 0 Å². The maximum atomic E-state index is 11.1. The zero-order chi connectivity index (χ0) is 29.8. The smallest absolute Gasteiger partial charge is 0.142 e. The monoisotopic (exact) mass is 586 g/mol. The maximum absolute atomic E-state index is 11.1. The summed E-state index contributed by atoms with van der Waals surface area (Å²) in [5.74, 6) is 0.714. The molecule has 5 aliphatic rings. The van der Waals surface area contributed by atoms with Crippen LogP contribution in [0.2, 0.25) is 0 Å². The minimum absolute atomic E-state index is 0.0173. The minimum Gasteiger partial charge on any atom is -0.387 e. The number of anilines is 2. The van der Waals surface area contributed by atoms with Gasteiger partial charge in [-0.15, -0.1) is 0 Å². The molecule has 11 nitrogen and oxygen atoms in total. The molecule has 1 aromatic carbocycles. The molecule has 1 saturated carbocycles. The van der Waals surface area contributed by atoms with Crippen molar-refractivity contribution in [2.75, 3.05) is 43.6 Å². The molecular formula is C31H54N8O3. The number of likely N-dealkylation sites (N-methyl/N-ethyl adjacent to an activating group) is 2. The first-order valence-electron chi connectivity index (χ1n) is 16.2. The number of nitrogens with two attached hydrogens (primary N) is 1. The van der Waals surface area contributed by atoms with Crippen molar-refractivity contribution in [1.82, 2.24) is 25.3 Å². The third-order valence-electron chi connectivity index (χ3n) is 10.5. The van der Waals surface area contributed by atoms with E-state index in [4.69, 9.17) is 10.5 Å². The highest BCUT2D eigenvalue weighted by Gasteiger charge is 2.53. The van der Waals surface area contributed by atoms with Crippen molar-refractivity contribution < 1.29 is 14.9 Å². The predicted octanol–water partition coefficient (Wildman–Crippen LogP) is 1.20. The quantitative estimate of drug-likeness (QED) is 0.225. The highest BCUT2D eigenvalue weighted by Crippen LogP contribution is 2.39. The van der Waals surface area contributed by atoms with Crippen LogP contribution >= 0.6 is 0 Å². The molecule has 42 heavy (non-hydrogen) atoms. The van der Waals surface area contributed by atoms with Crippen molar-refractivity contribution in [2.24, 2.45) is 11.7 Å². The molecule has 6 rings (SSSR count). The molecule has 236 valence electrons. The summed E-state index contributed by atoms with van der Waals surface area (Å²) in [5.41, 5.74) is 10.3. The van der Waals surface area contributed by atoms with Crippen molar-refractivity contribution in [3.8, 4) is 0 Å². The molecule has 4 unspecified atom stereocenters. The van der Waals surface area contributed by atoms with Gasteiger partial charge in [0, 0.05) is 12.6 Å². The normalized spacial score (nSPS) is 38.7. The lowest BCUT2D eigenvalue weighted by Crippen LogP contribution is -2.69.